The molecule has 0 saturated carbocycles. The molecule has 1 N–H and O–H groups in total. The van der Waals surface area contributed by atoms with Gasteiger partial charge in [-0.05, 0) is 30.2 Å². The fourth-order valence-electron chi connectivity index (χ4n) is 2.49. The Morgan fingerprint density at radius 3 is 2.39 bits per heavy atom. The minimum absolute atomic E-state index is 0.0397. The highest BCUT2D eigenvalue weighted by Crippen LogP contribution is 2.31. The van der Waals surface area contributed by atoms with Crippen LogP contribution >= 0.6 is 0 Å². The first-order valence-corrected chi connectivity index (χ1v) is 7.21. The van der Waals surface area contributed by atoms with Crippen LogP contribution in [0.1, 0.15) is 18.1 Å². The molecule has 4 nitrogen and oxygen atoms in total. The van der Waals surface area contributed by atoms with E-state index in [1.807, 2.05) is 0 Å². The number of aliphatic carboxylic acids is 1. The van der Waals surface area contributed by atoms with Crippen LogP contribution in [0, 0.1) is 5.82 Å². The molecule has 0 bridgehead atoms. The van der Waals surface area contributed by atoms with Crippen molar-refractivity contribution in [1.82, 2.24) is 0 Å². The fraction of sp³-hybridized carbons (Fsp3) is 0.222. The van der Waals surface area contributed by atoms with Gasteiger partial charge in [-0.15, -0.1) is 0 Å². The van der Waals surface area contributed by atoms with Gasteiger partial charge in [-0.1, -0.05) is 42.5 Å². The summed E-state index contributed by atoms with van der Waals surface area (Å²) >= 11 is 0. The van der Waals surface area contributed by atoms with Crippen LogP contribution in [-0.2, 0) is 26.2 Å². The van der Waals surface area contributed by atoms with Gasteiger partial charge < -0.3 is 9.84 Å². The van der Waals surface area contributed by atoms with Gasteiger partial charge in [0, 0.05) is 6.42 Å². The second-order valence-corrected chi connectivity index (χ2v) is 5.10. The number of carboxylic acid groups (broad SMARTS) is 1. The molecular weight excluding hydrogens is 299 g/mol. The Balaban J connectivity index is 2.60. The summed E-state index contributed by atoms with van der Waals surface area (Å²) in [5.74, 6) is -2.88. The number of carbonyl (C=O) groups excluding carboxylic acids is 1. The molecule has 2 aromatic rings. The van der Waals surface area contributed by atoms with Crippen LogP contribution in [0.15, 0.2) is 54.6 Å². The Hall–Kier alpha value is -2.69. The summed E-state index contributed by atoms with van der Waals surface area (Å²) in [5, 5.41) is 9.80. The van der Waals surface area contributed by atoms with Crippen LogP contribution in [0.2, 0.25) is 0 Å². The monoisotopic (exact) mass is 316 g/mol. The average Bonchev–Trinajstić information content (AvgIpc) is 2.53. The number of carbonyl (C=O) groups is 2. The summed E-state index contributed by atoms with van der Waals surface area (Å²) in [5.41, 5.74) is -1.28. The third-order valence-corrected chi connectivity index (χ3v) is 3.62. The van der Waals surface area contributed by atoms with Gasteiger partial charge in [0.05, 0.1) is 6.61 Å². The number of hydrogen-bond acceptors (Lipinski definition) is 3. The molecular formula is C18H17FO4. The highest BCUT2D eigenvalue weighted by Gasteiger charge is 2.49. The van der Waals surface area contributed by atoms with Gasteiger partial charge in [-0.25, -0.2) is 4.39 Å². The number of hydrogen-bond donors (Lipinski definition) is 1. The van der Waals surface area contributed by atoms with E-state index in [-0.39, 0.29) is 18.6 Å². The van der Waals surface area contributed by atoms with Gasteiger partial charge in [0.15, 0.2) is 5.41 Å². The maximum atomic E-state index is 13.6. The third-order valence-electron chi connectivity index (χ3n) is 3.62. The van der Waals surface area contributed by atoms with E-state index in [0.717, 1.165) is 6.07 Å². The minimum Gasteiger partial charge on any atom is -0.480 e. The van der Waals surface area contributed by atoms with E-state index in [9.17, 15) is 19.1 Å². The SMILES string of the molecule is CCOC(=O)C(Cc1ccccc1)(C(=O)O)c1cccc(F)c1. The van der Waals surface area contributed by atoms with Crippen molar-refractivity contribution in [2.45, 2.75) is 18.8 Å². The van der Waals surface area contributed by atoms with Crippen LogP contribution in [0.5, 0.6) is 0 Å². The van der Waals surface area contributed by atoms with Crippen molar-refractivity contribution < 1.29 is 23.8 Å². The minimum atomic E-state index is -1.99. The van der Waals surface area contributed by atoms with Gasteiger partial charge in [-0.2, -0.15) is 0 Å². The Kier molecular flexibility index (Phi) is 5.11. The predicted octanol–water partition coefficient (Wildman–Crippen LogP) is 2.95. The van der Waals surface area contributed by atoms with Crippen molar-refractivity contribution in [2.24, 2.45) is 0 Å². The van der Waals surface area contributed by atoms with Crippen LogP contribution in [0.4, 0.5) is 4.39 Å². The number of benzene rings is 2. The molecule has 0 aliphatic heterocycles. The lowest BCUT2D eigenvalue weighted by atomic mass is 9.75. The summed E-state index contributed by atoms with van der Waals surface area (Å²) < 4.78 is 18.6. The summed E-state index contributed by atoms with van der Waals surface area (Å²) in [4.78, 5) is 24.5. The van der Waals surface area contributed by atoms with Crippen molar-refractivity contribution in [3.63, 3.8) is 0 Å². The van der Waals surface area contributed by atoms with Crippen molar-refractivity contribution in [3.05, 3.63) is 71.5 Å². The normalized spacial score (nSPS) is 13.1. The zero-order valence-corrected chi connectivity index (χ0v) is 12.7. The second kappa shape index (κ2) is 7.05. The Morgan fingerprint density at radius 2 is 1.83 bits per heavy atom. The van der Waals surface area contributed by atoms with E-state index in [0.29, 0.717) is 5.56 Å². The molecule has 0 saturated heterocycles. The molecule has 0 aliphatic rings. The fourth-order valence-corrected chi connectivity index (χ4v) is 2.49. The first-order chi connectivity index (χ1) is 11.0. The smallest absolute Gasteiger partial charge is 0.328 e. The van der Waals surface area contributed by atoms with Crippen LogP contribution in [-0.4, -0.2) is 23.7 Å². The zero-order valence-electron chi connectivity index (χ0n) is 12.7. The molecule has 1 unspecified atom stereocenters. The van der Waals surface area contributed by atoms with Gasteiger partial charge in [0.2, 0.25) is 0 Å². The first kappa shape index (κ1) is 16.7. The summed E-state index contributed by atoms with van der Waals surface area (Å²) in [7, 11) is 0. The largest absolute Gasteiger partial charge is 0.480 e. The molecule has 120 valence electrons. The molecule has 0 aromatic heterocycles. The van der Waals surface area contributed by atoms with E-state index < -0.39 is 23.2 Å². The van der Waals surface area contributed by atoms with Crippen LogP contribution < -0.4 is 0 Å². The number of rotatable bonds is 6. The van der Waals surface area contributed by atoms with E-state index in [4.69, 9.17) is 4.74 Å². The van der Waals surface area contributed by atoms with E-state index in [1.165, 1.54) is 18.2 Å². The average molecular weight is 316 g/mol. The summed E-state index contributed by atoms with van der Waals surface area (Å²) in [6.07, 6.45) is -0.120. The Bertz CT molecular complexity index is 699. The summed E-state index contributed by atoms with van der Waals surface area (Å²) in [6, 6.07) is 13.8. The molecule has 0 radical (unpaired) electrons. The standard InChI is InChI=1S/C18H17FO4/c1-2-23-17(22)18(16(20)21,12-13-7-4-3-5-8-13)14-9-6-10-15(19)11-14/h3-11H,2,12H2,1H3,(H,20,21). The van der Waals surface area contributed by atoms with E-state index in [2.05, 4.69) is 0 Å². The molecule has 1 atom stereocenters. The van der Waals surface area contributed by atoms with Gasteiger partial charge in [0.25, 0.3) is 0 Å². The lowest BCUT2D eigenvalue weighted by molar-refractivity contribution is -0.161. The summed E-state index contributed by atoms with van der Waals surface area (Å²) in [6.45, 7) is 1.64. The van der Waals surface area contributed by atoms with Crippen LogP contribution in [0.25, 0.3) is 0 Å². The molecule has 0 aliphatic carbocycles. The molecule has 0 heterocycles. The van der Waals surface area contributed by atoms with Gasteiger partial charge in [0.1, 0.15) is 5.82 Å². The predicted molar refractivity (Wildman–Crippen MR) is 82.5 cm³/mol. The molecule has 23 heavy (non-hydrogen) atoms. The number of halogens is 1. The zero-order chi connectivity index (χ0) is 16.9. The topological polar surface area (TPSA) is 63.6 Å². The van der Waals surface area contributed by atoms with Gasteiger partial charge in [-0.3, -0.25) is 9.59 Å². The lowest BCUT2D eigenvalue weighted by Gasteiger charge is -2.28. The first-order valence-electron chi connectivity index (χ1n) is 7.21. The third kappa shape index (κ3) is 3.39. The van der Waals surface area contributed by atoms with Crippen LogP contribution in [0.3, 0.4) is 0 Å². The molecule has 2 rings (SSSR count). The number of esters is 1. The molecule has 2 aromatic carbocycles. The highest BCUT2D eigenvalue weighted by molar-refractivity contribution is 6.06. The quantitative estimate of drug-likeness (QED) is 0.657. The van der Waals surface area contributed by atoms with Crippen molar-refractivity contribution >= 4 is 11.9 Å². The van der Waals surface area contributed by atoms with E-state index in [1.54, 1.807) is 37.3 Å². The highest BCUT2D eigenvalue weighted by atomic mass is 19.1. The molecule has 0 amide bonds. The Morgan fingerprint density at radius 1 is 1.13 bits per heavy atom. The molecule has 0 spiro atoms. The maximum absolute atomic E-state index is 13.6. The molecule has 5 heteroatoms. The number of ether oxygens (including phenoxy) is 1. The van der Waals surface area contributed by atoms with E-state index >= 15 is 0 Å². The van der Waals surface area contributed by atoms with Gasteiger partial charge >= 0.3 is 11.9 Å². The molecule has 0 fully saturated rings. The lowest BCUT2D eigenvalue weighted by Crippen LogP contribution is -2.47. The number of carboxylic acids is 1. The van der Waals surface area contributed by atoms with Crippen molar-refractivity contribution in [1.29, 1.82) is 0 Å². The van der Waals surface area contributed by atoms with Crippen molar-refractivity contribution in [3.8, 4) is 0 Å². The Labute approximate surface area is 133 Å². The second-order valence-electron chi connectivity index (χ2n) is 5.10. The maximum Gasteiger partial charge on any atom is 0.328 e. The van der Waals surface area contributed by atoms with Crippen molar-refractivity contribution in [2.75, 3.05) is 6.61 Å².